The molecule has 0 aromatic carbocycles. The van der Waals surface area contributed by atoms with Crippen LogP contribution in [0.15, 0.2) is 12.4 Å². The Bertz CT molecular complexity index is 305. The highest BCUT2D eigenvalue weighted by Crippen LogP contribution is 2.25. The number of hydrogen-bond donors (Lipinski definition) is 1. The van der Waals surface area contributed by atoms with Gasteiger partial charge in [-0.05, 0) is 25.7 Å². The fourth-order valence-corrected chi connectivity index (χ4v) is 1.95. The first kappa shape index (κ1) is 10.6. The molecule has 4 heteroatoms. The van der Waals surface area contributed by atoms with E-state index in [1.807, 2.05) is 17.8 Å². The summed E-state index contributed by atoms with van der Waals surface area (Å²) in [6.45, 7) is 4.51. The third-order valence-corrected chi connectivity index (χ3v) is 2.94. The predicted octanol–water partition coefficient (Wildman–Crippen LogP) is 1.36. The van der Waals surface area contributed by atoms with E-state index in [2.05, 4.69) is 5.10 Å². The highest BCUT2D eigenvalue weighted by molar-refractivity contribution is 5.08. The van der Waals surface area contributed by atoms with Crippen molar-refractivity contribution < 1.29 is 9.84 Å². The second-order valence-electron chi connectivity index (χ2n) is 4.11. The largest absolute Gasteiger partial charge is 0.388 e. The van der Waals surface area contributed by atoms with Gasteiger partial charge in [-0.2, -0.15) is 5.10 Å². The molecule has 1 aromatic rings. The van der Waals surface area contributed by atoms with Gasteiger partial charge in [0.2, 0.25) is 0 Å². The number of ether oxygens (including phenoxy) is 1. The van der Waals surface area contributed by atoms with Gasteiger partial charge in [0.05, 0.1) is 12.3 Å². The fraction of sp³-hybridized carbons (Fsp3) is 0.727. The van der Waals surface area contributed by atoms with Crippen LogP contribution >= 0.6 is 0 Å². The first-order chi connectivity index (χ1) is 7.29. The average Bonchev–Trinajstić information content (AvgIpc) is 2.86. The summed E-state index contributed by atoms with van der Waals surface area (Å²) in [5.41, 5.74) is 0.920. The second-order valence-corrected chi connectivity index (χ2v) is 4.11. The molecule has 2 heterocycles. The lowest BCUT2D eigenvalue weighted by atomic mass is 9.98. The lowest BCUT2D eigenvalue weighted by Crippen LogP contribution is -2.06. The smallest absolute Gasteiger partial charge is 0.0824 e. The normalized spacial score (nSPS) is 23.2. The van der Waals surface area contributed by atoms with Gasteiger partial charge in [-0.1, -0.05) is 0 Å². The van der Waals surface area contributed by atoms with Gasteiger partial charge in [0.15, 0.2) is 0 Å². The lowest BCUT2D eigenvalue weighted by molar-refractivity contribution is 0.129. The minimum absolute atomic E-state index is 0.392. The van der Waals surface area contributed by atoms with Gasteiger partial charge in [0, 0.05) is 31.5 Å². The van der Waals surface area contributed by atoms with Gasteiger partial charge in [-0.25, -0.2) is 0 Å². The van der Waals surface area contributed by atoms with E-state index < -0.39 is 6.10 Å². The second kappa shape index (κ2) is 4.77. The van der Waals surface area contributed by atoms with Crippen LogP contribution in [0.4, 0.5) is 0 Å². The number of aromatic nitrogens is 2. The monoisotopic (exact) mass is 210 g/mol. The molecule has 0 aliphatic carbocycles. The van der Waals surface area contributed by atoms with E-state index in [-0.39, 0.29) is 0 Å². The molecule has 1 N–H and O–H groups in total. The molecule has 1 saturated heterocycles. The molecule has 2 rings (SSSR count). The van der Waals surface area contributed by atoms with E-state index in [0.717, 1.165) is 38.2 Å². The van der Waals surface area contributed by atoms with Crippen LogP contribution in [0.3, 0.4) is 0 Å². The quantitative estimate of drug-likeness (QED) is 0.816. The number of rotatable bonds is 4. The highest BCUT2D eigenvalue weighted by atomic mass is 16.5. The Balaban J connectivity index is 1.91. The summed E-state index contributed by atoms with van der Waals surface area (Å²) in [5.74, 6) is 0.505. The SMILES string of the molecule is CCn1cc(C(O)CC2CCOC2)cn1. The Labute approximate surface area is 89.9 Å². The summed E-state index contributed by atoms with van der Waals surface area (Å²) in [7, 11) is 0. The van der Waals surface area contributed by atoms with Gasteiger partial charge in [0.1, 0.15) is 0 Å². The van der Waals surface area contributed by atoms with Crippen molar-refractivity contribution in [2.75, 3.05) is 13.2 Å². The Morgan fingerprint density at radius 1 is 1.73 bits per heavy atom. The minimum atomic E-state index is -0.392. The van der Waals surface area contributed by atoms with Crippen molar-refractivity contribution in [3.63, 3.8) is 0 Å². The van der Waals surface area contributed by atoms with Crippen molar-refractivity contribution in [3.05, 3.63) is 18.0 Å². The van der Waals surface area contributed by atoms with Gasteiger partial charge in [-0.15, -0.1) is 0 Å². The summed E-state index contributed by atoms with van der Waals surface area (Å²) in [6.07, 6.45) is 5.13. The predicted molar refractivity (Wildman–Crippen MR) is 56.4 cm³/mol. The number of aliphatic hydroxyl groups excluding tert-OH is 1. The van der Waals surface area contributed by atoms with Gasteiger partial charge in [-0.3, -0.25) is 4.68 Å². The molecular weight excluding hydrogens is 192 g/mol. The van der Waals surface area contributed by atoms with Crippen molar-refractivity contribution in [3.8, 4) is 0 Å². The van der Waals surface area contributed by atoms with Crippen LogP contribution in [0, 0.1) is 5.92 Å². The van der Waals surface area contributed by atoms with Crippen molar-refractivity contribution in [2.24, 2.45) is 5.92 Å². The molecule has 1 aromatic heterocycles. The van der Waals surface area contributed by atoms with E-state index in [9.17, 15) is 5.11 Å². The molecule has 4 nitrogen and oxygen atoms in total. The van der Waals surface area contributed by atoms with Gasteiger partial charge < -0.3 is 9.84 Å². The molecule has 2 atom stereocenters. The molecule has 0 spiro atoms. The first-order valence-corrected chi connectivity index (χ1v) is 5.57. The number of aryl methyl sites for hydroxylation is 1. The van der Waals surface area contributed by atoms with Crippen molar-refractivity contribution in [1.29, 1.82) is 0 Å². The standard InChI is InChI=1S/C11H18N2O2/c1-2-13-7-10(6-12-13)11(14)5-9-3-4-15-8-9/h6-7,9,11,14H,2-5,8H2,1H3. The van der Waals surface area contributed by atoms with E-state index in [1.165, 1.54) is 0 Å². The summed E-state index contributed by atoms with van der Waals surface area (Å²) in [5, 5.41) is 14.1. The van der Waals surface area contributed by atoms with Crippen LogP contribution in [0.2, 0.25) is 0 Å². The molecule has 84 valence electrons. The lowest BCUT2D eigenvalue weighted by Gasteiger charge is -2.12. The molecule has 1 aliphatic heterocycles. The van der Waals surface area contributed by atoms with Crippen LogP contribution in [0.1, 0.15) is 31.4 Å². The maximum absolute atomic E-state index is 9.98. The van der Waals surface area contributed by atoms with Crippen molar-refractivity contribution >= 4 is 0 Å². The van der Waals surface area contributed by atoms with Crippen LogP contribution in [0.25, 0.3) is 0 Å². The van der Waals surface area contributed by atoms with Crippen LogP contribution < -0.4 is 0 Å². The molecule has 2 unspecified atom stereocenters. The molecule has 0 amide bonds. The number of nitrogens with zero attached hydrogens (tertiary/aromatic N) is 2. The molecular formula is C11H18N2O2. The Kier molecular flexibility index (Phi) is 3.38. The summed E-state index contributed by atoms with van der Waals surface area (Å²) in [6, 6.07) is 0. The zero-order valence-corrected chi connectivity index (χ0v) is 9.09. The van der Waals surface area contributed by atoms with Crippen LogP contribution in [0.5, 0.6) is 0 Å². The zero-order valence-electron chi connectivity index (χ0n) is 9.09. The number of hydrogen-bond acceptors (Lipinski definition) is 3. The minimum Gasteiger partial charge on any atom is -0.388 e. The molecule has 0 bridgehead atoms. The topological polar surface area (TPSA) is 47.3 Å². The summed E-state index contributed by atoms with van der Waals surface area (Å²) in [4.78, 5) is 0. The average molecular weight is 210 g/mol. The summed E-state index contributed by atoms with van der Waals surface area (Å²) < 4.78 is 7.13. The third kappa shape index (κ3) is 2.58. The first-order valence-electron chi connectivity index (χ1n) is 5.57. The number of aliphatic hydroxyl groups is 1. The Morgan fingerprint density at radius 2 is 2.60 bits per heavy atom. The van der Waals surface area contributed by atoms with Crippen molar-refractivity contribution in [1.82, 2.24) is 9.78 Å². The molecule has 0 radical (unpaired) electrons. The maximum Gasteiger partial charge on any atom is 0.0824 e. The third-order valence-electron chi connectivity index (χ3n) is 2.94. The fourth-order valence-electron chi connectivity index (χ4n) is 1.95. The Hall–Kier alpha value is -0.870. The molecule has 1 aliphatic rings. The van der Waals surface area contributed by atoms with E-state index in [4.69, 9.17) is 4.74 Å². The van der Waals surface area contributed by atoms with E-state index >= 15 is 0 Å². The molecule has 15 heavy (non-hydrogen) atoms. The van der Waals surface area contributed by atoms with E-state index in [0.29, 0.717) is 5.92 Å². The van der Waals surface area contributed by atoms with Crippen LogP contribution in [-0.4, -0.2) is 28.1 Å². The zero-order chi connectivity index (χ0) is 10.7. The Morgan fingerprint density at radius 3 is 3.20 bits per heavy atom. The summed E-state index contributed by atoms with van der Waals surface area (Å²) >= 11 is 0. The molecule has 1 fully saturated rings. The van der Waals surface area contributed by atoms with Gasteiger partial charge >= 0.3 is 0 Å². The van der Waals surface area contributed by atoms with Gasteiger partial charge in [0.25, 0.3) is 0 Å². The molecule has 0 saturated carbocycles. The van der Waals surface area contributed by atoms with Crippen molar-refractivity contribution in [2.45, 2.75) is 32.4 Å². The highest BCUT2D eigenvalue weighted by Gasteiger charge is 2.21. The maximum atomic E-state index is 9.98. The van der Waals surface area contributed by atoms with Crippen LogP contribution in [-0.2, 0) is 11.3 Å². The van der Waals surface area contributed by atoms with E-state index in [1.54, 1.807) is 6.20 Å².